The van der Waals surface area contributed by atoms with E-state index in [4.69, 9.17) is 0 Å². The molecule has 0 radical (unpaired) electrons. The molecule has 2 rings (SSSR count). The minimum Gasteiger partial charge on any atom is -0.317 e. The number of benzene rings is 1. The van der Waals surface area contributed by atoms with E-state index < -0.39 is 0 Å². The Morgan fingerprint density at radius 3 is 2.55 bits per heavy atom. The van der Waals surface area contributed by atoms with Gasteiger partial charge in [0.05, 0.1) is 0 Å². The lowest BCUT2D eigenvalue weighted by Gasteiger charge is -2.41. The predicted molar refractivity (Wildman–Crippen MR) is 91.0 cm³/mol. The van der Waals surface area contributed by atoms with Crippen LogP contribution in [0.3, 0.4) is 0 Å². The Kier molecular flexibility index (Phi) is 5.68. The summed E-state index contributed by atoms with van der Waals surface area (Å²) in [6.45, 7) is 9.35. The van der Waals surface area contributed by atoms with Crippen molar-refractivity contribution in [1.29, 1.82) is 0 Å². The van der Waals surface area contributed by atoms with Gasteiger partial charge in [0.25, 0.3) is 0 Å². The van der Waals surface area contributed by atoms with Crippen LogP contribution >= 0.6 is 15.9 Å². The highest BCUT2D eigenvalue weighted by molar-refractivity contribution is 9.10. The van der Waals surface area contributed by atoms with Gasteiger partial charge in [0.1, 0.15) is 0 Å². The second-order valence-electron chi connectivity index (χ2n) is 7.07. The van der Waals surface area contributed by atoms with E-state index in [0.717, 1.165) is 18.4 Å². The second-order valence-corrected chi connectivity index (χ2v) is 7.98. The molecule has 0 aromatic heterocycles. The zero-order valence-electron chi connectivity index (χ0n) is 13.1. The summed E-state index contributed by atoms with van der Waals surface area (Å²) in [5.74, 6) is 1.66. The molecular weight excluding hydrogens is 310 g/mol. The van der Waals surface area contributed by atoms with Crippen LogP contribution in [0.2, 0.25) is 0 Å². The van der Waals surface area contributed by atoms with E-state index in [1.54, 1.807) is 0 Å². The zero-order valence-corrected chi connectivity index (χ0v) is 14.7. The van der Waals surface area contributed by atoms with Crippen LogP contribution in [-0.4, -0.2) is 13.1 Å². The van der Waals surface area contributed by atoms with Gasteiger partial charge in [-0.3, -0.25) is 0 Å². The van der Waals surface area contributed by atoms with Crippen molar-refractivity contribution in [2.24, 2.45) is 17.3 Å². The van der Waals surface area contributed by atoms with E-state index in [1.165, 1.54) is 42.3 Å². The monoisotopic (exact) mass is 337 g/mol. The first-order valence-electron chi connectivity index (χ1n) is 7.95. The summed E-state index contributed by atoms with van der Waals surface area (Å²) in [5.41, 5.74) is 2.00. The fraction of sp³-hybridized carbons (Fsp3) is 0.667. The highest BCUT2D eigenvalue weighted by Crippen LogP contribution is 2.43. The molecular formula is C18H28BrN. The van der Waals surface area contributed by atoms with Crippen molar-refractivity contribution in [2.45, 2.75) is 46.5 Å². The summed E-state index contributed by atoms with van der Waals surface area (Å²) < 4.78 is 1.18. The quantitative estimate of drug-likeness (QED) is 0.793. The highest BCUT2D eigenvalue weighted by atomic mass is 79.9. The lowest BCUT2D eigenvalue weighted by molar-refractivity contribution is 0.116. The molecule has 0 heterocycles. The van der Waals surface area contributed by atoms with Gasteiger partial charge in [-0.25, -0.2) is 0 Å². The normalized spacial score (nSPS) is 25.6. The predicted octanol–water partition coefficient (Wildman–Crippen LogP) is 5.04. The molecule has 1 fully saturated rings. The van der Waals surface area contributed by atoms with Gasteiger partial charge in [-0.2, -0.15) is 0 Å². The summed E-state index contributed by atoms with van der Waals surface area (Å²) >= 11 is 3.52. The second kappa shape index (κ2) is 7.09. The standard InChI is InChI=1S/C18H28BrN/c1-4-20-13-15-9-10-18(2,3)12-16(15)11-14-5-7-17(19)8-6-14/h5-8,15-16,20H,4,9-13H2,1-3H3. The Bertz CT molecular complexity index is 410. The fourth-order valence-corrected chi connectivity index (χ4v) is 3.82. The third-order valence-electron chi connectivity index (χ3n) is 4.74. The van der Waals surface area contributed by atoms with Crippen LogP contribution in [-0.2, 0) is 6.42 Å². The van der Waals surface area contributed by atoms with Crippen LogP contribution < -0.4 is 5.32 Å². The molecule has 1 aliphatic rings. The van der Waals surface area contributed by atoms with Crippen molar-refractivity contribution in [3.63, 3.8) is 0 Å². The average molecular weight is 338 g/mol. The molecule has 1 aromatic carbocycles. The summed E-state index contributed by atoms with van der Waals surface area (Å²) in [4.78, 5) is 0. The van der Waals surface area contributed by atoms with Crippen molar-refractivity contribution in [2.75, 3.05) is 13.1 Å². The number of hydrogen-bond acceptors (Lipinski definition) is 1. The maximum atomic E-state index is 3.56. The molecule has 1 nitrogen and oxygen atoms in total. The van der Waals surface area contributed by atoms with Gasteiger partial charge in [-0.1, -0.05) is 48.8 Å². The third-order valence-corrected chi connectivity index (χ3v) is 5.27. The van der Waals surface area contributed by atoms with Crippen LogP contribution in [0.15, 0.2) is 28.7 Å². The number of halogens is 1. The fourth-order valence-electron chi connectivity index (χ4n) is 3.55. The van der Waals surface area contributed by atoms with E-state index in [2.05, 4.69) is 66.3 Å². The first kappa shape index (κ1) is 16.0. The first-order chi connectivity index (χ1) is 9.50. The minimum absolute atomic E-state index is 0.517. The summed E-state index contributed by atoms with van der Waals surface area (Å²) in [5, 5.41) is 3.56. The lowest BCUT2D eigenvalue weighted by atomic mass is 9.65. The van der Waals surface area contributed by atoms with Gasteiger partial charge in [0.2, 0.25) is 0 Å². The van der Waals surface area contributed by atoms with Crippen molar-refractivity contribution >= 4 is 15.9 Å². The summed E-state index contributed by atoms with van der Waals surface area (Å²) in [6.07, 6.45) is 5.34. The molecule has 112 valence electrons. The van der Waals surface area contributed by atoms with E-state index in [1.807, 2.05) is 0 Å². The molecule has 1 aromatic rings. The molecule has 1 N–H and O–H groups in total. The van der Waals surface area contributed by atoms with Gasteiger partial charge >= 0.3 is 0 Å². The Morgan fingerprint density at radius 2 is 1.90 bits per heavy atom. The molecule has 2 heteroatoms. The smallest absolute Gasteiger partial charge is 0.0175 e. The lowest BCUT2D eigenvalue weighted by Crippen LogP contribution is -2.36. The van der Waals surface area contributed by atoms with Gasteiger partial charge < -0.3 is 5.32 Å². The molecule has 0 bridgehead atoms. The van der Waals surface area contributed by atoms with Crippen LogP contribution in [0.25, 0.3) is 0 Å². The van der Waals surface area contributed by atoms with Crippen molar-refractivity contribution < 1.29 is 0 Å². The molecule has 2 unspecified atom stereocenters. The molecule has 0 amide bonds. The Labute approximate surface area is 132 Å². The Morgan fingerprint density at radius 1 is 1.20 bits per heavy atom. The molecule has 0 spiro atoms. The van der Waals surface area contributed by atoms with Crippen LogP contribution in [0, 0.1) is 17.3 Å². The molecule has 0 aliphatic heterocycles. The van der Waals surface area contributed by atoms with Gasteiger partial charge in [-0.15, -0.1) is 0 Å². The van der Waals surface area contributed by atoms with Crippen molar-refractivity contribution in [3.8, 4) is 0 Å². The number of rotatable bonds is 5. The number of hydrogen-bond donors (Lipinski definition) is 1. The topological polar surface area (TPSA) is 12.0 Å². The van der Waals surface area contributed by atoms with E-state index in [9.17, 15) is 0 Å². The van der Waals surface area contributed by atoms with E-state index in [-0.39, 0.29) is 0 Å². The van der Waals surface area contributed by atoms with Crippen LogP contribution in [0.5, 0.6) is 0 Å². The summed E-state index contributed by atoms with van der Waals surface area (Å²) in [7, 11) is 0. The minimum atomic E-state index is 0.517. The highest BCUT2D eigenvalue weighted by Gasteiger charge is 2.34. The zero-order chi connectivity index (χ0) is 14.6. The maximum absolute atomic E-state index is 3.56. The maximum Gasteiger partial charge on any atom is 0.0175 e. The third kappa shape index (κ3) is 4.60. The number of nitrogens with one attached hydrogen (secondary N) is 1. The first-order valence-corrected chi connectivity index (χ1v) is 8.74. The van der Waals surface area contributed by atoms with Gasteiger partial charge in [0.15, 0.2) is 0 Å². The van der Waals surface area contributed by atoms with E-state index in [0.29, 0.717) is 5.41 Å². The molecule has 20 heavy (non-hydrogen) atoms. The van der Waals surface area contributed by atoms with Crippen molar-refractivity contribution in [1.82, 2.24) is 5.32 Å². The van der Waals surface area contributed by atoms with Crippen LogP contribution in [0.4, 0.5) is 0 Å². The molecule has 1 saturated carbocycles. The molecule has 0 saturated heterocycles. The van der Waals surface area contributed by atoms with Gasteiger partial charge in [0, 0.05) is 4.47 Å². The largest absolute Gasteiger partial charge is 0.317 e. The van der Waals surface area contributed by atoms with E-state index >= 15 is 0 Å². The van der Waals surface area contributed by atoms with Crippen molar-refractivity contribution in [3.05, 3.63) is 34.3 Å². The molecule has 1 aliphatic carbocycles. The van der Waals surface area contributed by atoms with Gasteiger partial charge in [-0.05, 0) is 73.7 Å². The Balaban J connectivity index is 2.04. The average Bonchev–Trinajstić information content (AvgIpc) is 2.40. The Hall–Kier alpha value is -0.340. The SMILES string of the molecule is CCNCC1CCC(C)(C)CC1Cc1ccc(Br)cc1. The van der Waals surface area contributed by atoms with Crippen LogP contribution in [0.1, 0.15) is 45.6 Å². The molecule has 2 atom stereocenters. The summed E-state index contributed by atoms with van der Waals surface area (Å²) in [6, 6.07) is 8.89.